The smallest absolute Gasteiger partial charge is 0.347 e. The molecule has 0 aliphatic rings. The zero-order chi connectivity index (χ0) is 12.4. The molecule has 2 aromatic heterocycles. The molecule has 1 amide bonds. The average Bonchev–Trinajstić information content (AvgIpc) is 2.75. The summed E-state index contributed by atoms with van der Waals surface area (Å²) < 4.78 is 2.22. The summed E-state index contributed by atoms with van der Waals surface area (Å²) in [6, 6.07) is 0. The van der Waals surface area contributed by atoms with E-state index in [4.69, 9.17) is 0 Å². The quantitative estimate of drug-likeness (QED) is 0.669. The molecule has 0 atom stereocenters. The van der Waals surface area contributed by atoms with Crippen LogP contribution in [0.5, 0.6) is 0 Å². The number of hydrogen-bond acceptors (Lipinski definition) is 5. The van der Waals surface area contributed by atoms with Gasteiger partial charge in [-0.15, -0.1) is 11.7 Å². The van der Waals surface area contributed by atoms with Gasteiger partial charge in [0.05, 0.1) is 0 Å². The Bertz CT molecular complexity index is 640. The van der Waals surface area contributed by atoms with E-state index in [1.165, 1.54) is 13.4 Å². The van der Waals surface area contributed by atoms with Crippen LogP contribution in [0.1, 0.15) is 10.5 Å². The molecule has 0 unspecified atom stereocenters. The van der Waals surface area contributed by atoms with Gasteiger partial charge in [-0.05, 0) is 0 Å². The molecule has 8 nitrogen and oxygen atoms in total. The highest BCUT2D eigenvalue weighted by Gasteiger charge is 2.16. The first-order valence-corrected chi connectivity index (χ1v) is 4.81. The second kappa shape index (κ2) is 4.16. The molecule has 0 saturated heterocycles. The summed E-state index contributed by atoms with van der Waals surface area (Å²) in [5, 5.41) is 9.90. The molecule has 2 rings (SSSR count). The number of aromatic nitrogens is 5. The van der Waals surface area contributed by atoms with Crippen molar-refractivity contribution in [3.63, 3.8) is 0 Å². The number of fused-ring (bicyclic) bond motifs is 1. The van der Waals surface area contributed by atoms with Crippen LogP contribution in [0, 0.1) is 0 Å². The second-order valence-electron chi connectivity index (χ2n) is 3.28. The molecule has 2 aromatic rings. The van der Waals surface area contributed by atoms with E-state index in [9.17, 15) is 9.59 Å². The Morgan fingerprint density at radius 3 is 3.12 bits per heavy atom. The van der Waals surface area contributed by atoms with E-state index in [2.05, 4.69) is 27.2 Å². The van der Waals surface area contributed by atoms with Gasteiger partial charge >= 0.3 is 5.69 Å². The molecule has 0 aliphatic carbocycles. The fourth-order valence-corrected chi connectivity index (χ4v) is 1.29. The molecule has 0 aromatic carbocycles. The monoisotopic (exact) mass is 234 g/mol. The second-order valence-corrected chi connectivity index (χ2v) is 3.28. The Hall–Kier alpha value is -2.51. The van der Waals surface area contributed by atoms with Crippen LogP contribution < -0.4 is 11.0 Å². The van der Waals surface area contributed by atoms with Gasteiger partial charge in [0.1, 0.15) is 6.33 Å². The van der Waals surface area contributed by atoms with Gasteiger partial charge in [-0.2, -0.15) is 4.68 Å². The SMILES string of the molecule is C=CCNC(=O)c1ncn2c(=O)n(C)nnc12. The lowest BCUT2D eigenvalue weighted by Gasteiger charge is -1.99. The fourth-order valence-electron chi connectivity index (χ4n) is 1.29. The average molecular weight is 234 g/mol. The number of carbonyl (C=O) groups excluding carboxylic acids is 1. The largest absolute Gasteiger partial charge is 0.352 e. The third-order valence-corrected chi connectivity index (χ3v) is 2.12. The topological polar surface area (TPSA) is 94.2 Å². The third kappa shape index (κ3) is 1.80. The minimum Gasteiger partial charge on any atom is -0.347 e. The molecule has 17 heavy (non-hydrogen) atoms. The van der Waals surface area contributed by atoms with Gasteiger partial charge in [0.25, 0.3) is 5.91 Å². The van der Waals surface area contributed by atoms with Crippen LogP contribution in [0.3, 0.4) is 0 Å². The molecule has 88 valence electrons. The van der Waals surface area contributed by atoms with Crippen molar-refractivity contribution in [1.29, 1.82) is 0 Å². The molecule has 2 heterocycles. The van der Waals surface area contributed by atoms with Crippen molar-refractivity contribution in [3.8, 4) is 0 Å². The number of rotatable bonds is 3. The van der Waals surface area contributed by atoms with Crippen molar-refractivity contribution >= 4 is 11.6 Å². The molecule has 8 heteroatoms. The standard InChI is InChI=1S/C9H10N6O2/c1-3-4-10-8(16)6-7-12-13-14(2)9(17)15(7)5-11-6/h3,5H,1,4H2,2H3,(H,10,16). The summed E-state index contributed by atoms with van der Waals surface area (Å²) in [6.07, 6.45) is 2.79. The van der Waals surface area contributed by atoms with Gasteiger partial charge in [-0.25, -0.2) is 14.2 Å². The highest BCUT2D eigenvalue weighted by molar-refractivity contribution is 5.97. The summed E-state index contributed by atoms with van der Waals surface area (Å²) in [5.41, 5.74) is -0.211. The van der Waals surface area contributed by atoms with Crippen LogP contribution in [0.25, 0.3) is 5.65 Å². The highest BCUT2D eigenvalue weighted by Crippen LogP contribution is 2.01. The molecule has 0 radical (unpaired) electrons. The molecular formula is C9H10N6O2. The molecule has 0 spiro atoms. The number of carbonyl (C=O) groups is 1. The van der Waals surface area contributed by atoms with E-state index in [1.54, 1.807) is 6.08 Å². The molecular weight excluding hydrogens is 224 g/mol. The van der Waals surface area contributed by atoms with Gasteiger partial charge in [0.15, 0.2) is 11.3 Å². The van der Waals surface area contributed by atoms with E-state index in [1.807, 2.05) is 0 Å². The Balaban J connectivity index is 2.50. The third-order valence-electron chi connectivity index (χ3n) is 2.12. The van der Waals surface area contributed by atoms with Crippen LogP contribution in [-0.2, 0) is 7.05 Å². The van der Waals surface area contributed by atoms with Crippen molar-refractivity contribution in [1.82, 2.24) is 29.7 Å². The van der Waals surface area contributed by atoms with E-state index in [0.29, 0.717) is 6.54 Å². The number of nitrogens with zero attached hydrogens (tertiary/aromatic N) is 5. The first kappa shape index (κ1) is 11.0. The van der Waals surface area contributed by atoms with Gasteiger partial charge in [0, 0.05) is 13.6 Å². The zero-order valence-corrected chi connectivity index (χ0v) is 9.12. The zero-order valence-electron chi connectivity index (χ0n) is 9.12. The molecule has 0 fully saturated rings. The lowest BCUT2D eigenvalue weighted by Crippen LogP contribution is -2.28. The maximum Gasteiger partial charge on any atom is 0.352 e. The number of imidazole rings is 1. The van der Waals surface area contributed by atoms with Gasteiger partial charge in [0.2, 0.25) is 0 Å². The van der Waals surface area contributed by atoms with E-state index in [0.717, 1.165) is 9.08 Å². The summed E-state index contributed by atoms with van der Waals surface area (Å²) in [5.74, 6) is -0.421. The number of nitrogens with one attached hydrogen (secondary N) is 1. The Morgan fingerprint density at radius 2 is 2.41 bits per heavy atom. The summed E-state index contributed by atoms with van der Waals surface area (Å²) in [4.78, 5) is 27.1. The lowest BCUT2D eigenvalue weighted by molar-refractivity contribution is 0.0955. The predicted octanol–water partition coefficient (Wildman–Crippen LogP) is -1.26. The normalized spacial score (nSPS) is 10.4. The first-order chi connectivity index (χ1) is 8.15. The Labute approximate surface area is 95.6 Å². The highest BCUT2D eigenvalue weighted by atomic mass is 16.2. The van der Waals surface area contributed by atoms with Gasteiger partial charge in [-0.3, -0.25) is 4.79 Å². The minimum absolute atomic E-state index is 0.0667. The number of amides is 1. The summed E-state index contributed by atoms with van der Waals surface area (Å²) >= 11 is 0. The number of aryl methyl sites for hydroxylation is 1. The van der Waals surface area contributed by atoms with Crippen LogP contribution in [0.15, 0.2) is 23.8 Å². The van der Waals surface area contributed by atoms with Gasteiger partial charge < -0.3 is 5.32 Å². The Kier molecular flexibility index (Phi) is 2.69. The molecule has 0 saturated carbocycles. The molecule has 1 N–H and O–H groups in total. The van der Waals surface area contributed by atoms with Crippen LogP contribution in [0.2, 0.25) is 0 Å². The predicted molar refractivity (Wildman–Crippen MR) is 58.6 cm³/mol. The van der Waals surface area contributed by atoms with E-state index >= 15 is 0 Å². The van der Waals surface area contributed by atoms with Crippen molar-refractivity contribution in [3.05, 3.63) is 35.2 Å². The van der Waals surface area contributed by atoms with E-state index < -0.39 is 11.6 Å². The van der Waals surface area contributed by atoms with Gasteiger partial charge in [-0.1, -0.05) is 11.3 Å². The van der Waals surface area contributed by atoms with Crippen LogP contribution in [0.4, 0.5) is 0 Å². The first-order valence-electron chi connectivity index (χ1n) is 4.81. The molecule has 0 bridgehead atoms. The lowest BCUT2D eigenvalue weighted by atomic mass is 10.4. The van der Waals surface area contributed by atoms with Crippen LogP contribution >= 0.6 is 0 Å². The fraction of sp³-hybridized carbons (Fsp3) is 0.222. The van der Waals surface area contributed by atoms with Crippen molar-refractivity contribution < 1.29 is 4.79 Å². The minimum atomic E-state index is -0.421. The summed E-state index contributed by atoms with van der Waals surface area (Å²) in [6.45, 7) is 3.80. The molecule has 0 aliphatic heterocycles. The summed E-state index contributed by atoms with van der Waals surface area (Å²) in [7, 11) is 1.46. The van der Waals surface area contributed by atoms with Crippen molar-refractivity contribution in [2.75, 3.05) is 6.54 Å². The number of hydrogen-bond donors (Lipinski definition) is 1. The van der Waals surface area contributed by atoms with Crippen LogP contribution in [-0.4, -0.2) is 36.8 Å². The Morgan fingerprint density at radius 1 is 1.65 bits per heavy atom. The maximum atomic E-state index is 11.7. The van der Waals surface area contributed by atoms with Crippen molar-refractivity contribution in [2.24, 2.45) is 7.05 Å². The maximum absolute atomic E-state index is 11.7. The van der Waals surface area contributed by atoms with E-state index in [-0.39, 0.29) is 11.3 Å². The van der Waals surface area contributed by atoms with Crippen molar-refractivity contribution in [2.45, 2.75) is 0 Å².